The normalized spacial score (nSPS) is 18.2. The van der Waals surface area contributed by atoms with Gasteiger partial charge in [-0.1, -0.05) is 38.1 Å². The molecule has 0 radical (unpaired) electrons. The minimum Gasteiger partial charge on any atom is -0.508 e. The number of carbonyl (C=O) groups is 1. The number of hydrogen-bond donors (Lipinski definition) is 1. The molecule has 0 fully saturated rings. The molecule has 3 nitrogen and oxygen atoms in total. The van der Waals surface area contributed by atoms with E-state index < -0.39 is 0 Å². The van der Waals surface area contributed by atoms with Crippen molar-refractivity contribution < 1.29 is 14.6 Å². The number of phenolic OH excluding ortho intramolecular Hbond substituents is 1. The zero-order valence-corrected chi connectivity index (χ0v) is 12.2. The summed E-state index contributed by atoms with van der Waals surface area (Å²) in [4.78, 5) is 11.9. The maximum absolute atomic E-state index is 11.9. The summed E-state index contributed by atoms with van der Waals surface area (Å²) in [6.07, 6.45) is 0.565. The molecule has 0 amide bonds. The van der Waals surface area contributed by atoms with Crippen molar-refractivity contribution in [2.75, 3.05) is 0 Å². The number of cyclic esters (lactones) is 1. The van der Waals surface area contributed by atoms with Gasteiger partial charge in [0.25, 0.3) is 0 Å². The quantitative estimate of drug-likeness (QED) is 0.860. The summed E-state index contributed by atoms with van der Waals surface area (Å²) in [7, 11) is 0. The van der Waals surface area contributed by atoms with Gasteiger partial charge in [0.05, 0.1) is 5.56 Å². The van der Waals surface area contributed by atoms with Crippen LogP contribution in [-0.4, -0.2) is 11.1 Å². The van der Waals surface area contributed by atoms with Crippen molar-refractivity contribution in [2.45, 2.75) is 32.3 Å². The standard InChI is InChI=1S/C18H18O3/c1-3-11(2)15-10-12(8-9-16(15)19)17-13-6-4-5-7-14(13)18(20)21-17/h4-11,17,19H,3H2,1-2H3. The van der Waals surface area contributed by atoms with E-state index in [0.717, 1.165) is 23.1 Å². The van der Waals surface area contributed by atoms with Crippen LogP contribution in [0.2, 0.25) is 0 Å². The van der Waals surface area contributed by atoms with Crippen molar-refractivity contribution in [3.63, 3.8) is 0 Å². The molecule has 2 aromatic carbocycles. The van der Waals surface area contributed by atoms with Crippen molar-refractivity contribution in [3.05, 3.63) is 64.7 Å². The minimum absolute atomic E-state index is 0.261. The maximum atomic E-state index is 11.9. The third-order valence-corrected chi connectivity index (χ3v) is 4.19. The Morgan fingerprint density at radius 2 is 2.00 bits per heavy atom. The highest BCUT2D eigenvalue weighted by Crippen LogP contribution is 2.38. The number of fused-ring (bicyclic) bond motifs is 1. The van der Waals surface area contributed by atoms with Gasteiger partial charge in [-0.05, 0) is 41.7 Å². The molecule has 1 N–H and O–H groups in total. The molecule has 1 heterocycles. The summed E-state index contributed by atoms with van der Waals surface area (Å²) in [5.74, 6) is 0.275. The average Bonchev–Trinajstić information content (AvgIpc) is 2.85. The van der Waals surface area contributed by atoms with E-state index in [1.807, 2.05) is 30.3 Å². The number of benzene rings is 2. The van der Waals surface area contributed by atoms with Gasteiger partial charge in [0, 0.05) is 5.56 Å². The van der Waals surface area contributed by atoms with Crippen LogP contribution in [0.25, 0.3) is 0 Å². The lowest BCUT2D eigenvalue weighted by Gasteiger charge is -2.16. The van der Waals surface area contributed by atoms with Gasteiger partial charge in [0.1, 0.15) is 5.75 Å². The molecule has 2 unspecified atom stereocenters. The monoisotopic (exact) mass is 282 g/mol. The molecule has 21 heavy (non-hydrogen) atoms. The van der Waals surface area contributed by atoms with Crippen LogP contribution in [-0.2, 0) is 4.74 Å². The van der Waals surface area contributed by atoms with E-state index in [1.165, 1.54) is 0 Å². The second kappa shape index (κ2) is 5.24. The predicted octanol–water partition coefficient (Wildman–Crippen LogP) is 4.17. The maximum Gasteiger partial charge on any atom is 0.339 e. The molecule has 0 aliphatic carbocycles. The van der Waals surface area contributed by atoms with E-state index in [2.05, 4.69) is 13.8 Å². The Bertz CT molecular complexity index is 691. The fraction of sp³-hybridized carbons (Fsp3) is 0.278. The smallest absolute Gasteiger partial charge is 0.339 e. The highest BCUT2D eigenvalue weighted by Gasteiger charge is 2.32. The van der Waals surface area contributed by atoms with Crippen LogP contribution in [0.5, 0.6) is 5.75 Å². The Kier molecular flexibility index (Phi) is 3.42. The third kappa shape index (κ3) is 2.29. The van der Waals surface area contributed by atoms with Crippen LogP contribution >= 0.6 is 0 Å². The van der Waals surface area contributed by atoms with Gasteiger partial charge in [-0.15, -0.1) is 0 Å². The van der Waals surface area contributed by atoms with E-state index in [0.29, 0.717) is 11.3 Å². The van der Waals surface area contributed by atoms with E-state index in [1.54, 1.807) is 12.1 Å². The van der Waals surface area contributed by atoms with E-state index >= 15 is 0 Å². The lowest BCUT2D eigenvalue weighted by Crippen LogP contribution is -2.02. The summed E-state index contributed by atoms with van der Waals surface area (Å²) in [5.41, 5.74) is 3.32. The van der Waals surface area contributed by atoms with Gasteiger partial charge in [0.15, 0.2) is 6.10 Å². The first kappa shape index (κ1) is 13.7. The van der Waals surface area contributed by atoms with Gasteiger partial charge in [-0.25, -0.2) is 4.79 Å². The Morgan fingerprint density at radius 3 is 2.76 bits per heavy atom. The average molecular weight is 282 g/mol. The van der Waals surface area contributed by atoms with Crippen LogP contribution in [0.4, 0.5) is 0 Å². The van der Waals surface area contributed by atoms with Gasteiger partial charge < -0.3 is 9.84 Å². The zero-order chi connectivity index (χ0) is 15.0. The Labute approximate surface area is 124 Å². The molecule has 0 saturated heterocycles. The lowest BCUT2D eigenvalue weighted by molar-refractivity contribution is 0.0455. The van der Waals surface area contributed by atoms with Crippen LogP contribution in [0.3, 0.4) is 0 Å². The molecular formula is C18H18O3. The lowest BCUT2D eigenvalue weighted by atomic mass is 9.92. The van der Waals surface area contributed by atoms with Crippen LogP contribution < -0.4 is 0 Å². The number of hydrogen-bond acceptors (Lipinski definition) is 3. The zero-order valence-electron chi connectivity index (χ0n) is 12.2. The fourth-order valence-electron chi connectivity index (χ4n) is 2.74. The fourth-order valence-corrected chi connectivity index (χ4v) is 2.74. The first-order valence-corrected chi connectivity index (χ1v) is 7.24. The van der Waals surface area contributed by atoms with E-state index in [-0.39, 0.29) is 18.0 Å². The predicted molar refractivity (Wildman–Crippen MR) is 80.5 cm³/mol. The van der Waals surface area contributed by atoms with Gasteiger partial charge in [-0.2, -0.15) is 0 Å². The molecule has 0 spiro atoms. The second-order valence-corrected chi connectivity index (χ2v) is 5.50. The molecule has 0 bridgehead atoms. The Morgan fingerprint density at radius 1 is 1.24 bits per heavy atom. The highest BCUT2D eigenvalue weighted by atomic mass is 16.5. The molecule has 3 heteroatoms. The van der Waals surface area contributed by atoms with Crippen molar-refractivity contribution in [1.82, 2.24) is 0 Å². The van der Waals surface area contributed by atoms with Crippen molar-refractivity contribution in [1.29, 1.82) is 0 Å². The first-order chi connectivity index (χ1) is 10.1. The third-order valence-electron chi connectivity index (χ3n) is 4.19. The van der Waals surface area contributed by atoms with Gasteiger partial charge in [-0.3, -0.25) is 0 Å². The van der Waals surface area contributed by atoms with Gasteiger partial charge in [0.2, 0.25) is 0 Å². The topological polar surface area (TPSA) is 46.5 Å². The molecule has 0 aromatic heterocycles. The first-order valence-electron chi connectivity index (χ1n) is 7.24. The summed E-state index contributed by atoms with van der Waals surface area (Å²) in [5, 5.41) is 10.0. The summed E-state index contributed by atoms with van der Waals surface area (Å²) in [6, 6.07) is 12.9. The largest absolute Gasteiger partial charge is 0.508 e. The SMILES string of the molecule is CCC(C)c1cc(C2OC(=O)c3ccccc32)ccc1O. The number of phenols is 1. The number of ether oxygens (including phenoxy) is 1. The van der Waals surface area contributed by atoms with Crippen LogP contribution in [0.15, 0.2) is 42.5 Å². The summed E-state index contributed by atoms with van der Waals surface area (Å²) >= 11 is 0. The molecule has 0 saturated carbocycles. The van der Waals surface area contributed by atoms with Gasteiger partial charge >= 0.3 is 5.97 Å². The van der Waals surface area contributed by atoms with Crippen molar-refractivity contribution in [3.8, 4) is 5.75 Å². The molecule has 108 valence electrons. The number of aromatic hydroxyl groups is 1. The highest BCUT2D eigenvalue weighted by molar-refractivity contribution is 5.94. The summed E-state index contributed by atoms with van der Waals surface area (Å²) in [6.45, 7) is 4.16. The summed E-state index contributed by atoms with van der Waals surface area (Å²) < 4.78 is 5.51. The van der Waals surface area contributed by atoms with E-state index in [9.17, 15) is 9.90 Å². The van der Waals surface area contributed by atoms with E-state index in [4.69, 9.17) is 4.74 Å². The Hall–Kier alpha value is -2.29. The molecule has 2 aromatic rings. The number of rotatable bonds is 3. The number of esters is 1. The Balaban J connectivity index is 2.05. The minimum atomic E-state index is -0.378. The van der Waals surface area contributed by atoms with Crippen molar-refractivity contribution in [2.24, 2.45) is 0 Å². The molecule has 3 rings (SSSR count). The second-order valence-electron chi connectivity index (χ2n) is 5.50. The van der Waals surface area contributed by atoms with Crippen LogP contribution in [0, 0.1) is 0 Å². The molecule has 2 atom stereocenters. The molecular weight excluding hydrogens is 264 g/mol. The molecule has 1 aliphatic rings. The van der Waals surface area contributed by atoms with Crippen molar-refractivity contribution >= 4 is 5.97 Å². The number of carbonyl (C=O) groups excluding carboxylic acids is 1. The molecule has 1 aliphatic heterocycles. The van der Waals surface area contributed by atoms with Crippen LogP contribution in [0.1, 0.15) is 59.3 Å².